The fourth-order valence-corrected chi connectivity index (χ4v) is 3.89. The van der Waals surface area contributed by atoms with Crippen molar-refractivity contribution in [1.82, 2.24) is 4.31 Å². The molecule has 1 aromatic rings. The summed E-state index contributed by atoms with van der Waals surface area (Å²) < 4.78 is 26.4. The number of hydrogen-bond donors (Lipinski definition) is 1. The third-order valence-corrected chi connectivity index (χ3v) is 5.89. The standard InChI is InChI=1S/C13H19ClN2O2S2/c1-4-5-9(2)16(3)20(17,18)12-7-6-10(13(15)19)8-11(12)14/h6-9H,4-5H2,1-3H3,(H2,15,19). The molecule has 1 atom stereocenters. The second-order valence-corrected chi connectivity index (χ2v) is 7.48. The van der Waals surface area contributed by atoms with Crippen LogP contribution < -0.4 is 5.73 Å². The zero-order valence-electron chi connectivity index (χ0n) is 11.8. The fourth-order valence-electron chi connectivity index (χ4n) is 1.85. The van der Waals surface area contributed by atoms with Crippen molar-refractivity contribution in [2.24, 2.45) is 5.73 Å². The molecule has 0 aliphatic heterocycles. The molecule has 0 saturated heterocycles. The lowest BCUT2D eigenvalue weighted by atomic mass is 10.2. The van der Waals surface area contributed by atoms with Crippen LogP contribution >= 0.6 is 23.8 Å². The number of hydrogen-bond acceptors (Lipinski definition) is 3. The lowest BCUT2D eigenvalue weighted by Crippen LogP contribution is -2.35. The Kier molecular flexibility index (Phi) is 5.94. The molecule has 0 aromatic heterocycles. The summed E-state index contributed by atoms with van der Waals surface area (Å²) in [5.41, 5.74) is 6.05. The Labute approximate surface area is 131 Å². The van der Waals surface area contributed by atoms with Crippen molar-refractivity contribution < 1.29 is 8.42 Å². The summed E-state index contributed by atoms with van der Waals surface area (Å²) in [6.45, 7) is 3.89. The van der Waals surface area contributed by atoms with Crippen LogP contribution in [0.1, 0.15) is 32.3 Å². The summed E-state index contributed by atoms with van der Waals surface area (Å²) in [5, 5.41) is 0.130. The molecule has 0 fully saturated rings. The van der Waals surface area contributed by atoms with Gasteiger partial charge in [0.15, 0.2) is 0 Å². The van der Waals surface area contributed by atoms with Gasteiger partial charge in [-0.2, -0.15) is 4.31 Å². The summed E-state index contributed by atoms with van der Waals surface area (Å²) in [6.07, 6.45) is 1.70. The molecule has 1 unspecified atom stereocenters. The topological polar surface area (TPSA) is 63.4 Å². The third kappa shape index (κ3) is 3.69. The van der Waals surface area contributed by atoms with Crippen LogP contribution in [0.3, 0.4) is 0 Å². The second-order valence-electron chi connectivity index (χ2n) is 4.67. The van der Waals surface area contributed by atoms with Crippen LogP contribution in [0.2, 0.25) is 5.02 Å². The van der Waals surface area contributed by atoms with Gasteiger partial charge in [-0.05, 0) is 25.5 Å². The van der Waals surface area contributed by atoms with Crippen molar-refractivity contribution in [2.45, 2.75) is 37.6 Å². The minimum atomic E-state index is -3.62. The SMILES string of the molecule is CCCC(C)N(C)S(=O)(=O)c1ccc(C(N)=S)cc1Cl. The van der Waals surface area contributed by atoms with Crippen LogP contribution in [0.25, 0.3) is 0 Å². The quantitative estimate of drug-likeness (QED) is 0.812. The normalized spacial score (nSPS) is 13.4. The van der Waals surface area contributed by atoms with Gasteiger partial charge in [-0.3, -0.25) is 0 Å². The van der Waals surface area contributed by atoms with Gasteiger partial charge in [0.1, 0.15) is 9.88 Å². The molecule has 4 nitrogen and oxygen atoms in total. The molecule has 0 amide bonds. The third-order valence-electron chi connectivity index (χ3n) is 3.20. The first-order valence-electron chi connectivity index (χ1n) is 6.29. The number of sulfonamides is 1. The minimum Gasteiger partial charge on any atom is -0.389 e. The molecule has 20 heavy (non-hydrogen) atoms. The molecule has 0 radical (unpaired) electrons. The van der Waals surface area contributed by atoms with E-state index in [1.54, 1.807) is 13.1 Å². The summed E-state index contributed by atoms with van der Waals surface area (Å²) >= 11 is 10.9. The first kappa shape index (κ1) is 17.4. The van der Waals surface area contributed by atoms with Gasteiger partial charge >= 0.3 is 0 Å². The molecule has 112 valence electrons. The van der Waals surface area contributed by atoms with E-state index in [-0.39, 0.29) is 20.9 Å². The molecule has 0 saturated carbocycles. The number of rotatable bonds is 6. The van der Waals surface area contributed by atoms with Gasteiger partial charge in [-0.1, -0.05) is 43.2 Å². The van der Waals surface area contributed by atoms with Crippen molar-refractivity contribution >= 4 is 38.8 Å². The predicted octanol–water partition coefficient (Wildman–Crippen LogP) is 2.78. The van der Waals surface area contributed by atoms with Crippen LogP contribution in [0.15, 0.2) is 23.1 Å². The number of nitrogens with zero attached hydrogens (tertiary/aromatic N) is 1. The van der Waals surface area contributed by atoms with Crippen molar-refractivity contribution in [3.8, 4) is 0 Å². The zero-order chi connectivity index (χ0) is 15.5. The Bertz CT molecular complexity index is 602. The summed E-state index contributed by atoms with van der Waals surface area (Å²) in [7, 11) is -2.05. The Morgan fingerprint density at radius 2 is 2.10 bits per heavy atom. The summed E-state index contributed by atoms with van der Waals surface area (Å²) in [4.78, 5) is 0.258. The van der Waals surface area contributed by atoms with Crippen LogP contribution in [0.4, 0.5) is 0 Å². The van der Waals surface area contributed by atoms with E-state index in [1.807, 2.05) is 13.8 Å². The van der Waals surface area contributed by atoms with Gasteiger partial charge in [0.05, 0.1) is 5.02 Å². The van der Waals surface area contributed by atoms with Crippen molar-refractivity contribution in [3.05, 3.63) is 28.8 Å². The van der Waals surface area contributed by atoms with Gasteiger partial charge in [0, 0.05) is 18.7 Å². The average Bonchev–Trinajstić information content (AvgIpc) is 2.37. The Balaban J connectivity index is 3.19. The maximum Gasteiger partial charge on any atom is 0.244 e. The van der Waals surface area contributed by atoms with Gasteiger partial charge in [0.25, 0.3) is 0 Å². The maximum absolute atomic E-state index is 12.5. The van der Waals surface area contributed by atoms with E-state index in [2.05, 4.69) is 0 Å². The van der Waals surface area contributed by atoms with Crippen LogP contribution in [0, 0.1) is 0 Å². The molecule has 2 N–H and O–H groups in total. The molecule has 1 rings (SSSR count). The number of halogens is 1. The van der Waals surface area contributed by atoms with Gasteiger partial charge in [-0.25, -0.2) is 8.42 Å². The lowest BCUT2D eigenvalue weighted by Gasteiger charge is -2.24. The molecule has 0 spiro atoms. The summed E-state index contributed by atoms with van der Waals surface area (Å²) in [5.74, 6) is 0. The number of nitrogens with two attached hydrogens (primary N) is 1. The molecular formula is C13H19ClN2O2S2. The van der Waals surface area contributed by atoms with Crippen molar-refractivity contribution in [2.75, 3.05) is 7.05 Å². The number of thiocarbonyl (C=S) groups is 1. The Morgan fingerprint density at radius 1 is 1.50 bits per heavy atom. The van der Waals surface area contributed by atoms with Gasteiger partial charge in [-0.15, -0.1) is 0 Å². The van der Waals surface area contributed by atoms with E-state index < -0.39 is 10.0 Å². The van der Waals surface area contributed by atoms with Gasteiger partial charge in [0.2, 0.25) is 10.0 Å². The molecular weight excluding hydrogens is 316 g/mol. The Morgan fingerprint density at radius 3 is 2.55 bits per heavy atom. The van der Waals surface area contributed by atoms with E-state index in [0.717, 1.165) is 12.8 Å². The number of benzene rings is 1. The summed E-state index contributed by atoms with van der Waals surface area (Å²) in [6, 6.07) is 4.41. The van der Waals surface area contributed by atoms with Crippen molar-refractivity contribution in [1.29, 1.82) is 0 Å². The second kappa shape index (κ2) is 6.85. The Hall–Kier alpha value is -0.690. The molecule has 1 aromatic carbocycles. The highest BCUT2D eigenvalue weighted by atomic mass is 35.5. The molecule has 7 heteroatoms. The monoisotopic (exact) mass is 334 g/mol. The van der Waals surface area contributed by atoms with E-state index >= 15 is 0 Å². The molecule has 0 aliphatic rings. The van der Waals surface area contributed by atoms with E-state index in [0.29, 0.717) is 5.56 Å². The molecule has 0 bridgehead atoms. The first-order chi connectivity index (χ1) is 9.21. The van der Waals surface area contributed by atoms with E-state index in [1.165, 1.54) is 16.4 Å². The zero-order valence-corrected chi connectivity index (χ0v) is 14.1. The van der Waals surface area contributed by atoms with Crippen molar-refractivity contribution in [3.63, 3.8) is 0 Å². The average molecular weight is 335 g/mol. The van der Waals surface area contributed by atoms with Crippen LogP contribution in [0.5, 0.6) is 0 Å². The predicted molar refractivity (Wildman–Crippen MR) is 86.7 cm³/mol. The maximum atomic E-state index is 12.5. The smallest absolute Gasteiger partial charge is 0.244 e. The van der Waals surface area contributed by atoms with Crippen LogP contribution in [-0.4, -0.2) is 30.8 Å². The highest BCUT2D eigenvalue weighted by Crippen LogP contribution is 2.26. The van der Waals surface area contributed by atoms with E-state index in [4.69, 9.17) is 29.6 Å². The largest absolute Gasteiger partial charge is 0.389 e. The lowest BCUT2D eigenvalue weighted by molar-refractivity contribution is 0.369. The molecule has 0 aliphatic carbocycles. The molecule has 0 heterocycles. The fraction of sp³-hybridized carbons (Fsp3) is 0.462. The highest BCUT2D eigenvalue weighted by Gasteiger charge is 2.27. The van der Waals surface area contributed by atoms with Crippen LogP contribution in [-0.2, 0) is 10.0 Å². The highest BCUT2D eigenvalue weighted by molar-refractivity contribution is 7.89. The minimum absolute atomic E-state index is 0.0737. The van der Waals surface area contributed by atoms with E-state index in [9.17, 15) is 8.42 Å². The van der Waals surface area contributed by atoms with Gasteiger partial charge < -0.3 is 5.73 Å². The first-order valence-corrected chi connectivity index (χ1v) is 8.51.